The molecule has 2 rings (SSSR count). The molecule has 0 saturated carbocycles. The van der Waals surface area contributed by atoms with Gasteiger partial charge in [0.2, 0.25) is 0 Å². The molecular formula is C12H16ClNO2. The number of ether oxygens (including phenoxy) is 1. The molecule has 1 aliphatic rings. The van der Waals surface area contributed by atoms with Crippen molar-refractivity contribution in [1.29, 1.82) is 0 Å². The Morgan fingerprint density at radius 2 is 2.38 bits per heavy atom. The van der Waals surface area contributed by atoms with Crippen molar-refractivity contribution in [2.24, 2.45) is 0 Å². The lowest BCUT2D eigenvalue weighted by molar-refractivity contribution is 0.00354. The summed E-state index contributed by atoms with van der Waals surface area (Å²) in [4.78, 5) is 2.21. The Kier molecular flexibility index (Phi) is 3.69. The molecule has 1 aliphatic heterocycles. The number of aliphatic hydroxyl groups is 1. The number of hydrogen-bond donors (Lipinski definition) is 1. The summed E-state index contributed by atoms with van der Waals surface area (Å²) in [7, 11) is 0. The van der Waals surface area contributed by atoms with E-state index in [1.807, 2.05) is 19.1 Å². The third-order valence-electron chi connectivity index (χ3n) is 2.92. The number of nitrogens with zero attached hydrogens (tertiary/aromatic N) is 1. The highest BCUT2D eigenvalue weighted by Gasteiger charge is 2.21. The van der Waals surface area contributed by atoms with Gasteiger partial charge in [0, 0.05) is 23.8 Å². The van der Waals surface area contributed by atoms with Crippen LogP contribution in [0.3, 0.4) is 0 Å². The second-order valence-corrected chi connectivity index (χ2v) is 4.41. The molecule has 1 N–H and O–H groups in total. The fraction of sp³-hybridized carbons (Fsp3) is 0.500. The first-order valence-electron chi connectivity index (χ1n) is 5.45. The molecule has 1 fully saturated rings. The van der Waals surface area contributed by atoms with Gasteiger partial charge in [-0.25, -0.2) is 0 Å². The van der Waals surface area contributed by atoms with E-state index in [1.165, 1.54) is 0 Å². The van der Waals surface area contributed by atoms with Crippen LogP contribution in [-0.4, -0.2) is 37.5 Å². The average Bonchev–Trinajstić information content (AvgIpc) is 2.33. The van der Waals surface area contributed by atoms with Gasteiger partial charge in [0.05, 0.1) is 19.3 Å². The first-order chi connectivity index (χ1) is 7.72. The van der Waals surface area contributed by atoms with Gasteiger partial charge in [-0.1, -0.05) is 17.7 Å². The summed E-state index contributed by atoms with van der Waals surface area (Å²) in [5.41, 5.74) is 2.22. The summed E-state index contributed by atoms with van der Waals surface area (Å²) in [6.45, 7) is 4.30. The number of rotatable bonds is 2. The Bertz CT molecular complexity index is 370. The maximum absolute atomic E-state index is 9.10. The average molecular weight is 242 g/mol. The van der Waals surface area contributed by atoms with Crippen molar-refractivity contribution < 1.29 is 9.84 Å². The third-order valence-corrected chi connectivity index (χ3v) is 3.33. The van der Waals surface area contributed by atoms with E-state index >= 15 is 0 Å². The van der Waals surface area contributed by atoms with Crippen LogP contribution in [-0.2, 0) is 4.74 Å². The van der Waals surface area contributed by atoms with Crippen LogP contribution in [0.2, 0.25) is 5.02 Å². The molecule has 1 atom stereocenters. The zero-order valence-electron chi connectivity index (χ0n) is 9.32. The Balaban J connectivity index is 2.20. The highest BCUT2D eigenvalue weighted by atomic mass is 35.5. The van der Waals surface area contributed by atoms with Gasteiger partial charge in [-0.05, 0) is 24.6 Å². The molecule has 3 nitrogen and oxygen atoms in total. The minimum absolute atomic E-state index is 0.0656. The van der Waals surface area contributed by atoms with Crippen LogP contribution in [0.25, 0.3) is 0 Å². The minimum atomic E-state index is -0.0906. The number of hydrogen-bond acceptors (Lipinski definition) is 3. The Morgan fingerprint density at radius 3 is 3.12 bits per heavy atom. The van der Waals surface area contributed by atoms with E-state index in [9.17, 15) is 0 Å². The summed E-state index contributed by atoms with van der Waals surface area (Å²) in [6.07, 6.45) is -0.0906. The smallest absolute Gasteiger partial charge is 0.0980 e. The minimum Gasteiger partial charge on any atom is -0.394 e. The van der Waals surface area contributed by atoms with Crippen LogP contribution >= 0.6 is 11.6 Å². The molecule has 0 aliphatic carbocycles. The van der Waals surface area contributed by atoms with E-state index in [-0.39, 0.29) is 12.7 Å². The van der Waals surface area contributed by atoms with Crippen molar-refractivity contribution in [3.8, 4) is 0 Å². The molecule has 1 heterocycles. The zero-order chi connectivity index (χ0) is 11.5. The van der Waals surface area contributed by atoms with Gasteiger partial charge in [0.15, 0.2) is 0 Å². The predicted molar refractivity (Wildman–Crippen MR) is 65.2 cm³/mol. The second-order valence-electron chi connectivity index (χ2n) is 4.01. The van der Waals surface area contributed by atoms with Gasteiger partial charge >= 0.3 is 0 Å². The molecule has 0 bridgehead atoms. The Hall–Kier alpha value is -0.770. The van der Waals surface area contributed by atoms with E-state index in [4.69, 9.17) is 21.4 Å². The van der Waals surface area contributed by atoms with E-state index in [1.54, 1.807) is 0 Å². The van der Waals surface area contributed by atoms with Crippen LogP contribution in [0.1, 0.15) is 5.56 Å². The second kappa shape index (κ2) is 5.04. The molecule has 0 spiro atoms. The number of halogens is 1. The van der Waals surface area contributed by atoms with E-state index in [0.717, 1.165) is 29.4 Å². The summed E-state index contributed by atoms with van der Waals surface area (Å²) in [6, 6.07) is 5.90. The van der Waals surface area contributed by atoms with Crippen molar-refractivity contribution >= 4 is 17.3 Å². The quantitative estimate of drug-likeness (QED) is 0.858. The van der Waals surface area contributed by atoms with E-state index in [0.29, 0.717) is 6.61 Å². The highest BCUT2D eigenvalue weighted by molar-refractivity contribution is 6.31. The number of anilines is 1. The van der Waals surface area contributed by atoms with Gasteiger partial charge in [-0.2, -0.15) is 0 Å². The standard InChI is InChI=1S/C12H16ClNO2/c1-9-11(13)3-2-4-12(9)14-5-6-16-10(7-14)8-15/h2-4,10,15H,5-8H2,1H3. The lowest BCUT2D eigenvalue weighted by Gasteiger charge is -2.34. The molecule has 4 heteroatoms. The van der Waals surface area contributed by atoms with Crippen LogP contribution in [0.15, 0.2) is 18.2 Å². The maximum atomic E-state index is 9.10. The van der Waals surface area contributed by atoms with Crippen molar-refractivity contribution in [2.75, 3.05) is 31.2 Å². The molecule has 1 aromatic rings. The SMILES string of the molecule is Cc1c(Cl)cccc1N1CCOC(CO)C1. The van der Waals surface area contributed by atoms with Crippen LogP contribution in [0.4, 0.5) is 5.69 Å². The molecule has 16 heavy (non-hydrogen) atoms. The monoisotopic (exact) mass is 241 g/mol. The molecule has 0 aromatic heterocycles. The van der Waals surface area contributed by atoms with E-state index in [2.05, 4.69) is 11.0 Å². The van der Waals surface area contributed by atoms with Crippen LogP contribution in [0.5, 0.6) is 0 Å². The Labute approximate surface area is 101 Å². The van der Waals surface area contributed by atoms with E-state index < -0.39 is 0 Å². The normalized spacial score (nSPS) is 21.2. The number of morpholine rings is 1. The van der Waals surface area contributed by atoms with Gasteiger partial charge in [-0.3, -0.25) is 0 Å². The summed E-state index contributed by atoms with van der Waals surface area (Å²) >= 11 is 6.10. The van der Waals surface area contributed by atoms with Crippen LogP contribution < -0.4 is 4.90 Å². The predicted octanol–water partition coefficient (Wildman–Crippen LogP) is 1.85. The fourth-order valence-electron chi connectivity index (χ4n) is 1.99. The van der Waals surface area contributed by atoms with Crippen LogP contribution in [0, 0.1) is 6.92 Å². The first-order valence-corrected chi connectivity index (χ1v) is 5.82. The van der Waals surface area contributed by atoms with Crippen molar-refractivity contribution in [2.45, 2.75) is 13.0 Å². The molecule has 0 radical (unpaired) electrons. The summed E-state index contributed by atoms with van der Waals surface area (Å²) in [5.74, 6) is 0. The molecule has 1 unspecified atom stereocenters. The summed E-state index contributed by atoms with van der Waals surface area (Å²) < 4.78 is 5.42. The Morgan fingerprint density at radius 1 is 1.56 bits per heavy atom. The largest absolute Gasteiger partial charge is 0.394 e. The maximum Gasteiger partial charge on any atom is 0.0980 e. The topological polar surface area (TPSA) is 32.7 Å². The number of benzene rings is 1. The lowest BCUT2D eigenvalue weighted by atomic mass is 10.1. The molecule has 1 aromatic carbocycles. The van der Waals surface area contributed by atoms with Gasteiger partial charge in [0.1, 0.15) is 0 Å². The van der Waals surface area contributed by atoms with Gasteiger partial charge < -0.3 is 14.7 Å². The molecule has 88 valence electrons. The fourth-order valence-corrected chi connectivity index (χ4v) is 2.16. The highest BCUT2D eigenvalue weighted by Crippen LogP contribution is 2.27. The third kappa shape index (κ3) is 2.32. The zero-order valence-corrected chi connectivity index (χ0v) is 10.1. The van der Waals surface area contributed by atoms with Crippen molar-refractivity contribution in [3.05, 3.63) is 28.8 Å². The van der Waals surface area contributed by atoms with Gasteiger partial charge in [-0.15, -0.1) is 0 Å². The first kappa shape index (κ1) is 11.7. The molecular weight excluding hydrogens is 226 g/mol. The molecule has 0 amide bonds. The van der Waals surface area contributed by atoms with Crippen molar-refractivity contribution in [1.82, 2.24) is 0 Å². The van der Waals surface area contributed by atoms with Crippen molar-refractivity contribution in [3.63, 3.8) is 0 Å². The summed E-state index contributed by atoms with van der Waals surface area (Å²) in [5, 5.41) is 9.88. The molecule has 1 saturated heterocycles. The lowest BCUT2D eigenvalue weighted by Crippen LogP contribution is -2.44. The van der Waals surface area contributed by atoms with Gasteiger partial charge in [0.25, 0.3) is 0 Å². The number of aliphatic hydroxyl groups excluding tert-OH is 1.